The monoisotopic (exact) mass is 243 g/mol. The normalized spacial score (nSPS) is 9.89. The molecular weight excluding hydrogens is 230 g/mol. The predicted molar refractivity (Wildman–Crippen MR) is 68.2 cm³/mol. The molecule has 0 aliphatic heterocycles. The van der Waals surface area contributed by atoms with Gasteiger partial charge in [0, 0.05) is 5.56 Å². The van der Waals surface area contributed by atoms with Gasteiger partial charge in [-0.05, 0) is 30.3 Å². The lowest BCUT2D eigenvalue weighted by molar-refractivity contribution is 0.111. The summed E-state index contributed by atoms with van der Waals surface area (Å²) in [6.07, 6.45) is 0.718. The lowest BCUT2D eigenvalue weighted by Gasteiger charge is -2.10. The Bertz CT molecular complexity index is 567. The molecule has 0 spiro atoms. The van der Waals surface area contributed by atoms with Crippen LogP contribution in [0, 0.1) is 0 Å². The molecule has 0 saturated carbocycles. The molecule has 1 aromatic heterocycles. The number of nitrogens with zero attached hydrogens (tertiary/aromatic N) is 1. The lowest BCUT2D eigenvalue weighted by Crippen LogP contribution is -1.94. The molecular formula is C14H13NO3. The van der Waals surface area contributed by atoms with Gasteiger partial charge in [-0.15, -0.1) is 0 Å². The summed E-state index contributed by atoms with van der Waals surface area (Å²) in [5.74, 6) is 1.40. The van der Waals surface area contributed by atoms with Crippen molar-refractivity contribution in [3.8, 4) is 22.8 Å². The first-order valence-electron chi connectivity index (χ1n) is 5.43. The van der Waals surface area contributed by atoms with Gasteiger partial charge in [0.05, 0.1) is 19.9 Å². The fourth-order valence-electron chi connectivity index (χ4n) is 1.68. The Hall–Kier alpha value is -2.36. The van der Waals surface area contributed by atoms with E-state index >= 15 is 0 Å². The molecule has 0 atom stereocenters. The van der Waals surface area contributed by atoms with Crippen molar-refractivity contribution < 1.29 is 14.3 Å². The second kappa shape index (κ2) is 5.31. The third-order valence-corrected chi connectivity index (χ3v) is 2.57. The van der Waals surface area contributed by atoms with Crippen LogP contribution in [0.25, 0.3) is 11.3 Å². The van der Waals surface area contributed by atoms with Crippen molar-refractivity contribution in [2.24, 2.45) is 0 Å². The Balaban J connectivity index is 2.56. The molecule has 4 heteroatoms. The first-order chi connectivity index (χ1) is 8.78. The van der Waals surface area contributed by atoms with E-state index in [1.165, 1.54) is 0 Å². The molecule has 0 bridgehead atoms. The van der Waals surface area contributed by atoms with Gasteiger partial charge in [0.15, 0.2) is 6.29 Å². The summed E-state index contributed by atoms with van der Waals surface area (Å²) in [4.78, 5) is 15.0. The number of ether oxygens (including phenoxy) is 2. The maximum absolute atomic E-state index is 10.7. The van der Waals surface area contributed by atoms with E-state index in [9.17, 15) is 4.79 Å². The highest BCUT2D eigenvalue weighted by Crippen LogP contribution is 2.32. The maximum atomic E-state index is 10.7. The molecule has 0 amide bonds. The highest BCUT2D eigenvalue weighted by atomic mass is 16.5. The van der Waals surface area contributed by atoms with Gasteiger partial charge in [0.25, 0.3) is 0 Å². The smallest absolute Gasteiger partial charge is 0.168 e. The van der Waals surface area contributed by atoms with E-state index < -0.39 is 0 Å². The second-order valence-corrected chi connectivity index (χ2v) is 3.63. The highest BCUT2D eigenvalue weighted by Gasteiger charge is 2.09. The number of hydrogen-bond donors (Lipinski definition) is 0. The summed E-state index contributed by atoms with van der Waals surface area (Å²) < 4.78 is 10.5. The number of pyridine rings is 1. The van der Waals surface area contributed by atoms with Gasteiger partial charge >= 0.3 is 0 Å². The van der Waals surface area contributed by atoms with Crippen molar-refractivity contribution in [2.75, 3.05) is 14.2 Å². The van der Waals surface area contributed by atoms with Gasteiger partial charge in [-0.25, -0.2) is 4.98 Å². The summed E-state index contributed by atoms with van der Waals surface area (Å²) in [5.41, 5.74) is 1.85. The van der Waals surface area contributed by atoms with E-state index in [1.807, 2.05) is 24.3 Å². The minimum Gasteiger partial charge on any atom is -0.497 e. The molecule has 2 aromatic rings. The van der Waals surface area contributed by atoms with Crippen LogP contribution in [-0.4, -0.2) is 25.5 Å². The number of benzene rings is 1. The minimum atomic E-state index is 0.386. The van der Waals surface area contributed by atoms with Crippen molar-refractivity contribution in [3.63, 3.8) is 0 Å². The third-order valence-electron chi connectivity index (χ3n) is 2.57. The van der Waals surface area contributed by atoms with Crippen LogP contribution >= 0.6 is 0 Å². The molecule has 4 nitrogen and oxygen atoms in total. The summed E-state index contributed by atoms with van der Waals surface area (Å²) in [6.45, 7) is 0. The molecule has 2 rings (SSSR count). The lowest BCUT2D eigenvalue weighted by atomic mass is 10.1. The molecule has 0 aliphatic rings. The molecule has 0 unspecified atom stereocenters. The molecule has 0 radical (unpaired) electrons. The average Bonchev–Trinajstić information content (AvgIpc) is 2.46. The molecule has 0 fully saturated rings. The van der Waals surface area contributed by atoms with E-state index in [0.29, 0.717) is 22.9 Å². The van der Waals surface area contributed by atoms with Crippen LogP contribution in [0.1, 0.15) is 10.5 Å². The molecule has 0 N–H and O–H groups in total. The summed E-state index contributed by atoms with van der Waals surface area (Å²) in [5, 5.41) is 0. The zero-order valence-corrected chi connectivity index (χ0v) is 10.2. The predicted octanol–water partition coefficient (Wildman–Crippen LogP) is 2.58. The Morgan fingerprint density at radius 1 is 1.11 bits per heavy atom. The molecule has 1 heterocycles. The first-order valence-corrected chi connectivity index (χ1v) is 5.43. The van der Waals surface area contributed by atoms with Crippen LogP contribution < -0.4 is 9.47 Å². The van der Waals surface area contributed by atoms with E-state index in [4.69, 9.17) is 9.47 Å². The van der Waals surface area contributed by atoms with Crippen LogP contribution in [0.2, 0.25) is 0 Å². The van der Waals surface area contributed by atoms with Crippen molar-refractivity contribution >= 4 is 6.29 Å². The Labute approximate surface area is 105 Å². The minimum absolute atomic E-state index is 0.386. The zero-order chi connectivity index (χ0) is 13.0. The van der Waals surface area contributed by atoms with E-state index in [1.54, 1.807) is 26.4 Å². The molecule has 0 aliphatic carbocycles. The Kier molecular flexibility index (Phi) is 3.57. The number of aromatic nitrogens is 1. The van der Waals surface area contributed by atoms with Gasteiger partial charge in [-0.2, -0.15) is 0 Å². The summed E-state index contributed by atoms with van der Waals surface area (Å²) in [7, 11) is 3.19. The van der Waals surface area contributed by atoms with Crippen LogP contribution in [0.5, 0.6) is 11.5 Å². The molecule has 0 saturated heterocycles. The van der Waals surface area contributed by atoms with Crippen LogP contribution in [0.4, 0.5) is 0 Å². The number of methoxy groups -OCH3 is 2. The SMILES string of the molecule is COc1ccc(OC)c(-c2cccc(C=O)n2)c1. The highest BCUT2D eigenvalue weighted by molar-refractivity contribution is 5.75. The summed E-state index contributed by atoms with van der Waals surface area (Å²) >= 11 is 0. The number of carbonyl (C=O) groups excluding carboxylic acids is 1. The number of carbonyl (C=O) groups is 1. The van der Waals surface area contributed by atoms with Gasteiger partial charge in [-0.1, -0.05) is 6.07 Å². The first kappa shape index (κ1) is 12.1. The number of aldehydes is 1. The quantitative estimate of drug-likeness (QED) is 0.774. The van der Waals surface area contributed by atoms with Gasteiger partial charge in [0.2, 0.25) is 0 Å². The van der Waals surface area contributed by atoms with Gasteiger partial charge < -0.3 is 9.47 Å². The molecule has 18 heavy (non-hydrogen) atoms. The van der Waals surface area contributed by atoms with Crippen molar-refractivity contribution in [2.45, 2.75) is 0 Å². The molecule has 92 valence electrons. The maximum Gasteiger partial charge on any atom is 0.168 e. The topological polar surface area (TPSA) is 48.4 Å². The Morgan fingerprint density at radius 2 is 1.94 bits per heavy atom. The standard InChI is InChI=1S/C14H13NO3/c1-17-11-6-7-14(18-2)12(8-11)13-5-3-4-10(9-16)15-13/h3-9H,1-2H3. The second-order valence-electron chi connectivity index (χ2n) is 3.63. The average molecular weight is 243 g/mol. The molecule has 1 aromatic carbocycles. The van der Waals surface area contributed by atoms with E-state index in [2.05, 4.69) is 4.98 Å². The zero-order valence-electron chi connectivity index (χ0n) is 10.2. The summed E-state index contributed by atoms with van der Waals surface area (Å²) in [6, 6.07) is 10.7. The Morgan fingerprint density at radius 3 is 2.61 bits per heavy atom. The van der Waals surface area contributed by atoms with Gasteiger partial charge in [0.1, 0.15) is 17.2 Å². The van der Waals surface area contributed by atoms with Gasteiger partial charge in [-0.3, -0.25) is 4.79 Å². The third kappa shape index (κ3) is 2.32. The fourth-order valence-corrected chi connectivity index (χ4v) is 1.68. The van der Waals surface area contributed by atoms with Crippen LogP contribution in [0.15, 0.2) is 36.4 Å². The van der Waals surface area contributed by atoms with E-state index in [-0.39, 0.29) is 0 Å². The van der Waals surface area contributed by atoms with Crippen LogP contribution in [-0.2, 0) is 0 Å². The van der Waals surface area contributed by atoms with Crippen LogP contribution in [0.3, 0.4) is 0 Å². The number of rotatable bonds is 4. The van der Waals surface area contributed by atoms with E-state index in [0.717, 1.165) is 11.8 Å². The largest absolute Gasteiger partial charge is 0.497 e. The van der Waals surface area contributed by atoms with Crippen molar-refractivity contribution in [3.05, 3.63) is 42.1 Å². The number of hydrogen-bond acceptors (Lipinski definition) is 4. The van der Waals surface area contributed by atoms with Crippen molar-refractivity contribution in [1.82, 2.24) is 4.98 Å². The van der Waals surface area contributed by atoms with Crippen molar-refractivity contribution in [1.29, 1.82) is 0 Å². The fraction of sp³-hybridized carbons (Fsp3) is 0.143.